The van der Waals surface area contributed by atoms with Crippen LogP contribution in [0.5, 0.6) is 11.5 Å². The molecule has 0 unspecified atom stereocenters. The molecule has 0 aliphatic carbocycles. The topological polar surface area (TPSA) is 76.2 Å². The van der Waals surface area contributed by atoms with E-state index in [0.29, 0.717) is 48.0 Å². The average Bonchev–Trinajstić information content (AvgIpc) is 3.22. The molecule has 2 aliphatic heterocycles. The van der Waals surface area contributed by atoms with Gasteiger partial charge in [0, 0.05) is 30.9 Å². The summed E-state index contributed by atoms with van der Waals surface area (Å²) >= 11 is 0. The molecule has 4 rings (SSSR count). The Morgan fingerprint density at radius 3 is 2.41 bits per heavy atom. The molecule has 0 atom stereocenters. The molecule has 32 heavy (non-hydrogen) atoms. The van der Waals surface area contributed by atoms with Gasteiger partial charge in [-0.3, -0.25) is 4.79 Å². The van der Waals surface area contributed by atoms with Crippen molar-refractivity contribution in [3.63, 3.8) is 0 Å². The number of anilines is 1. The first kappa shape index (κ1) is 22.6. The Kier molecular flexibility index (Phi) is 6.44. The molecule has 0 N–H and O–H groups in total. The number of methoxy groups -OCH3 is 1. The molecule has 0 radical (unpaired) electrons. The summed E-state index contributed by atoms with van der Waals surface area (Å²) in [6, 6.07) is 10.3. The third kappa shape index (κ3) is 4.34. The maximum atomic E-state index is 13.2. The van der Waals surface area contributed by atoms with Crippen LogP contribution < -0.4 is 14.4 Å². The fourth-order valence-corrected chi connectivity index (χ4v) is 5.88. The van der Waals surface area contributed by atoms with E-state index >= 15 is 0 Å². The summed E-state index contributed by atoms with van der Waals surface area (Å²) in [4.78, 5) is 15.3. The standard InChI is InChI=1S/C24H30N2O5S/c1-17(2)31-22-10-7-19(16-23(22)30-3)24(27)26-14-11-18-15-20(8-9-21(18)26)32(28,29)25-12-5-4-6-13-25/h7-10,15-17H,4-6,11-14H2,1-3H3. The van der Waals surface area contributed by atoms with Crippen LogP contribution in [0.15, 0.2) is 41.3 Å². The second kappa shape index (κ2) is 9.11. The number of rotatable bonds is 6. The fourth-order valence-electron chi connectivity index (χ4n) is 4.31. The average molecular weight is 459 g/mol. The second-order valence-corrected chi connectivity index (χ2v) is 10.4. The van der Waals surface area contributed by atoms with E-state index in [1.807, 2.05) is 13.8 Å². The lowest BCUT2D eigenvalue weighted by Gasteiger charge is -2.26. The number of benzene rings is 2. The van der Waals surface area contributed by atoms with Gasteiger partial charge in [-0.05, 0) is 75.1 Å². The second-order valence-electron chi connectivity index (χ2n) is 8.49. The summed E-state index contributed by atoms with van der Waals surface area (Å²) < 4.78 is 38.8. The van der Waals surface area contributed by atoms with Crippen molar-refractivity contribution in [3.8, 4) is 11.5 Å². The number of nitrogens with zero attached hydrogens (tertiary/aromatic N) is 2. The SMILES string of the molecule is COc1cc(C(=O)N2CCc3cc(S(=O)(=O)N4CCCCC4)ccc32)ccc1OC(C)C. The lowest BCUT2D eigenvalue weighted by molar-refractivity contribution is 0.0989. The van der Waals surface area contributed by atoms with Gasteiger partial charge in [0.05, 0.1) is 18.1 Å². The van der Waals surface area contributed by atoms with Crippen LogP contribution in [0.25, 0.3) is 0 Å². The summed E-state index contributed by atoms with van der Waals surface area (Å²) in [5.41, 5.74) is 2.13. The maximum Gasteiger partial charge on any atom is 0.258 e. The van der Waals surface area contributed by atoms with Gasteiger partial charge >= 0.3 is 0 Å². The van der Waals surface area contributed by atoms with Gasteiger partial charge in [-0.25, -0.2) is 8.42 Å². The van der Waals surface area contributed by atoms with Crippen LogP contribution in [-0.4, -0.2) is 51.5 Å². The number of carbonyl (C=O) groups excluding carboxylic acids is 1. The first-order valence-electron chi connectivity index (χ1n) is 11.1. The predicted molar refractivity (Wildman–Crippen MR) is 123 cm³/mol. The van der Waals surface area contributed by atoms with Crippen molar-refractivity contribution >= 4 is 21.6 Å². The number of hydrogen-bond donors (Lipinski definition) is 0. The summed E-state index contributed by atoms with van der Waals surface area (Å²) in [5, 5.41) is 0. The van der Waals surface area contributed by atoms with E-state index in [2.05, 4.69) is 0 Å². The molecule has 0 bridgehead atoms. The van der Waals surface area contributed by atoms with Crippen LogP contribution in [0, 0.1) is 0 Å². The number of amides is 1. The van der Waals surface area contributed by atoms with Crippen molar-refractivity contribution in [1.29, 1.82) is 0 Å². The van der Waals surface area contributed by atoms with Crippen LogP contribution >= 0.6 is 0 Å². The van der Waals surface area contributed by atoms with Gasteiger partial charge in [0.15, 0.2) is 11.5 Å². The highest BCUT2D eigenvalue weighted by Gasteiger charge is 2.30. The van der Waals surface area contributed by atoms with Crippen LogP contribution in [-0.2, 0) is 16.4 Å². The summed E-state index contributed by atoms with van der Waals surface area (Å²) in [7, 11) is -1.95. The Labute approximate surface area is 190 Å². The lowest BCUT2D eigenvalue weighted by Crippen LogP contribution is -2.35. The van der Waals surface area contributed by atoms with Crippen LogP contribution in [0.4, 0.5) is 5.69 Å². The Balaban J connectivity index is 1.58. The Morgan fingerprint density at radius 1 is 0.969 bits per heavy atom. The van der Waals surface area contributed by atoms with Crippen LogP contribution in [0.2, 0.25) is 0 Å². The zero-order valence-corrected chi connectivity index (χ0v) is 19.7. The molecule has 2 aromatic carbocycles. The maximum absolute atomic E-state index is 13.2. The van der Waals surface area contributed by atoms with Gasteiger partial charge in [0.1, 0.15) is 0 Å². The first-order chi connectivity index (χ1) is 15.3. The summed E-state index contributed by atoms with van der Waals surface area (Å²) in [6.45, 7) is 5.51. The highest BCUT2D eigenvalue weighted by molar-refractivity contribution is 7.89. The minimum Gasteiger partial charge on any atom is -0.493 e. The Hall–Kier alpha value is -2.58. The molecule has 8 heteroatoms. The Morgan fingerprint density at radius 2 is 1.72 bits per heavy atom. The van der Waals surface area contributed by atoms with Gasteiger partial charge in [-0.1, -0.05) is 6.42 Å². The number of piperidine rings is 1. The monoisotopic (exact) mass is 458 g/mol. The van der Waals surface area contributed by atoms with Crippen molar-refractivity contribution in [3.05, 3.63) is 47.5 Å². The van der Waals surface area contributed by atoms with Gasteiger partial charge in [0.2, 0.25) is 10.0 Å². The van der Waals surface area contributed by atoms with E-state index in [0.717, 1.165) is 30.5 Å². The van der Waals surface area contributed by atoms with Gasteiger partial charge in [0.25, 0.3) is 5.91 Å². The molecule has 0 spiro atoms. The van der Waals surface area contributed by atoms with Crippen molar-refractivity contribution in [1.82, 2.24) is 4.31 Å². The van der Waals surface area contributed by atoms with E-state index in [1.165, 1.54) is 0 Å². The zero-order valence-electron chi connectivity index (χ0n) is 18.8. The molecular formula is C24H30N2O5S. The molecule has 0 aromatic heterocycles. The number of sulfonamides is 1. The summed E-state index contributed by atoms with van der Waals surface area (Å²) in [5.74, 6) is 0.949. The number of fused-ring (bicyclic) bond motifs is 1. The molecule has 1 saturated heterocycles. The van der Waals surface area contributed by atoms with E-state index in [9.17, 15) is 13.2 Å². The summed E-state index contributed by atoms with van der Waals surface area (Å²) in [6.07, 6.45) is 3.48. The largest absolute Gasteiger partial charge is 0.493 e. The lowest BCUT2D eigenvalue weighted by atomic mass is 10.1. The highest BCUT2D eigenvalue weighted by Crippen LogP contribution is 2.34. The minimum absolute atomic E-state index is 0.00804. The molecule has 7 nitrogen and oxygen atoms in total. The van der Waals surface area contributed by atoms with E-state index in [4.69, 9.17) is 9.47 Å². The molecule has 2 aliphatic rings. The molecule has 1 amide bonds. The highest BCUT2D eigenvalue weighted by atomic mass is 32.2. The quantitative estimate of drug-likeness (QED) is 0.657. The smallest absolute Gasteiger partial charge is 0.258 e. The normalized spacial score (nSPS) is 16.8. The van der Waals surface area contributed by atoms with E-state index < -0.39 is 10.0 Å². The molecule has 2 aromatic rings. The van der Waals surface area contributed by atoms with Crippen LogP contribution in [0.3, 0.4) is 0 Å². The zero-order chi connectivity index (χ0) is 22.9. The minimum atomic E-state index is -3.50. The number of ether oxygens (including phenoxy) is 2. The van der Waals surface area contributed by atoms with Gasteiger partial charge in [-0.15, -0.1) is 0 Å². The number of carbonyl (C=O) groups is 1. The number of hydrogen-bond acceptors (Lipinski definition) is 5. The van der Waals surface area contributed by atoms with Crippen molar-refractivity contribution in [2.45, 2.75) is 50.5 Å². The van der Waals surface area contributed by atoms with E-state index in [1.54, 1.807) is 52.7 Å². The van der Waals surface area contributed by atoms with Crippen molar-refractivity contribution in [2.75, 3.05) is 31.6 Å². The van der Waals surface area contributed by atoms with Gasteiger partial charge in [-0.2, -0.15) is 4.31 Å². The third-order valence-corrected chi connectivity index (χ3v) is 7.81. The third-order valence-electron chi connectivity index (χ3n) is 5.92. The fraction of sp³-hybridized carbons (Fsp3) is 0.458. The molecule has 0 saturated carbocycles. The van der Waals surface area contributed by atoms with Crippen molar-refractivity contribution < 1.29 is 22.7 Å². The van der Waals surface area contributed by atoms with E-state index in [-0.39, 0.29) is 12.0 Å². The van der Waals surface area contributed by atoms with Gasteiger partial charge < -0.3 is 14.4 Å². The van der Waals surface area contributed by atoms with Crippen LogP contribution in [0.1, 0.15) is 49.0 Å². The molecule has 172 valence electrons. The molecule has 2 heterocycles. The first-order valence-corrected chi connectivity index (χ1v) is 12.5. The van der Waals surface area contributed by atoms with Crippen molar-refractivity contribution in [2.24, 2.45) is 0 Å². The molecule has 1 fully saturated rings. The molecular weight excluding hydrogens is 428 g/mol. The predicted octanol–water partition coefficient (Wildman–Crippen LogP) is 3.86. The Bertz CT molecular complexity index is 1110.